The van der Waals surface area contributed by atoms with Crippen LogP contribution in [0.3, 0.4) is 0 Å². The van der Waals surface area contributed by atoms with Crippen molar-refractivity contribution in [2.75, 3.05) is 6.67 Å². The second-order valence-electron chi connectivity index (χ2n) is 6.76. The lowest BCUT2D eigenvalue weighted by molar-refractivity contribution is -0.141. The van der Waals surface area contributed by atoms with Crippen molar-refractivity contribution in [3.05, 3.63) is 64.1 Å². The predicted octanol–water partition coefficient (Wildman–Crippen LogP) is 2.37. The van der Waals surface area contributed by atoms with Crippen LogP contribution in [-0.4, -0.2) is 39.1 Å². The number of hydrogen-bond acceptors (Lipinski definition) is 5. The smallest absolute Gasteiger partial charge is 0.304 e. The number of hydrogen-bond donors (Lipinski definition) is 1. The van der Waals surface area contributed by atoms with E-state index in [2.05, 4.69) is 5.10 Å². The van der Waals surface area contributed by atoms with Gasteiger partial charge in [0.1, 0.15) is 12.5 Å². The number of rotatable bonds is 11. The average molecular weight is 402 g/mol. The van der Waals surface area contributed by atoms with E-state index in [4.69, 9.17) is 5.11 Å². The molecular formula is C21H23FN2O5. The van der Waals surface area contributed by atoms with Gasteiger partial charge < -0.3 is 5.11 Å². The van der Waals surface area contributed by atoms with E-state index >= 15 is 0 Å². The summed E-state index contributed by atoms with van der Waals surface area (Å²) in [6, 6.07) is 10.7. The number of aromatic nitrogens is 2. The average Bonchev–Trinajstić information content (AvgIpc) is 2.70. The van der Waals surface area contributed by atoms with Crippen LogP contribution in [-0.2, 0) is 20.9 Å². The SMILES string of the molecule is CCC(C(=O)CC(CC(=O)O)C(=O)CF)c1ccnn(Cc2ccccc2)c1=O. The molecule has 0 fully saturated rings. The monoisotopic (exact) mass is 402 g/mol. The minimum absolute atomic E-state index is 0.227. The van der Waals surface area contributed by atoms with Gasteiger partial charge in [0.2, 0.25) is 0 Å². The maximum absolute atomic E-state index is 12.9. The van der Waals surface area contributed by atoms with Crippen LogP contribution in [0.4, 0.5) is 4.39 Å². The molecule has 1 heterocycles. The molecule has 0 radical (unpaired) electrons. The lowest BCUT2D eigenvalue weighted by Gasteiger charge is -2.18. The number of carboxylic acids is 1. The third-order valence-corrected chi connectivity index (χ3v) is 4.74. The van der Waals surface area contributed by atoms with Crippen LogP contribution in [0.1, 0.15) is 43.2 Å². The molecule has 2 unspecified atom stereocenters. The molecule has 154 valence electrons. The number of alkyl halides is 1. The zero-order valence-corrected chi connectivity index (χ0v) is 16.1. The first kappa shape index (κ1) is 22.1. The summed E-state index contributed by atoms with van der Waals surface area (Å²) in [5.41, 5.74) is 0.669. The van der Waals surface area contributed by atoms with Crippen LogP contribution in [0, 0.1) is 5.92 Å². The van der Waals surface area contributed by atoms with Gasteiger partial charge in [0, 0.05) is 30.0 Å². The Morgan fingerprint density at radius 3 is 2.38 bits per heavy atom. The molecule has 0 saturated carbocycles. The lowest BCUT2D eigenvalue weighted by Crippen LogP contribution is -2.31. The number of carbonyl (C=O) groups is 3. The number of carboxylic acid groups (broad SMARTS) is 1. The van der Waals surface area contributed by atoms with Gasteiger partial charge >= 0.3 is 5.97 Å². The topological polar surface area (TPSA) is 106 Å². The summed E-state index contributed by atoms with van der Waals surface area (Å²) >= 11 is 0. The number of Topliss-reactive ketones (excluding diaryl/α,β-unsaturated/α-hetero) is 2. The summed E-state index contributed by atoms with van der Waals surface area (Å²) < 4.78 is 14.0. The number of carbonyl (C=O) groups excluding carboxylic acids is 2. The van der Waals surface area contributed by atoms with Crippen LogP contribution in [0.15, 0.2) is 47.4 Å². The normalized spacial score (nSPS) is 12.9. The number of ketones is 2. The van der Waals surface area contributed by atoms with Gasteiger partial charge in [-0.25, -0.2) is 9.07 Å². The highest BCUT2D eigenvalue weighted by molar-refractivity contribution is 5.93. The Kier molecular flexibility index (Phi) is 7.94. The molecule has 1 aromatic heterocycles. The van der Waals surface area contributed by atoms with Gasteiger partial charge in [-0.15, -0.1) is 0 Å². The first-order chi connectivity index (χ1) is 13.9. The third-order valence-electron chi connectivity index (χ3n) is 4.74. The van der Waals surface area contributed by atoms with E-state index in [1.54, 1.807) is 6.92 Å². The second kappa shape index (κ2) is 10.4. The molecule has 0 amide bonds. The van der Waals surface area contributed by atoms with Crippen LogP contribution >= 0.6 is 0 Å². The Morgan fingerprint density at radius 2 is 1.79 bits per heavy atom. The first-order valence-electron chi connectivity index (χ1n) is 9.30. The lowest BCUT2D eigenvalue weighted by atomic mass is 9.85. The quantitative estimate of drug-likeness (QED) is 0.618. The van der Waals surface area contributed by atoms with E-state index in [0.29, 0.717) is 0 Å². The van der Waals surface area contributed by atoms with Crippen molar-refractivity contribution >= 4 is 17.5 Å². The van der Waals surface area contributed by atoms with E-state index in [9.17, 15) is 23.6 Å². The molecule has 0 aliphatic heterocycles. The largest absolute Gasteiger partial charge is 0.481 e. The predicted molar refractivity (Wildman–Crippen MR) is 103 cm³/mol. The van der Waals surface area contributed by atoms with Crippen molar-refractivity contribution in [1.29, 1.82) is 0 Å². The fourth-order valence-electron chi connectivity index (χ4n) is 3.23. The fourth-order valence-corrected chi connectivity index (χ4v) is 3.23. The molecule has 0 spiro atoms. The van der Waals surface area contributed by atoms with Crippen molar-refractivity contribution in [3.63, 3.8) is 0 Å². The van der Waals surface area contributed by atoms with Crippen LogP contribution in [0.5, 0.6) is 0 Å². The molecule has 0 saturated heterocycles. The molecule has 2 atom stereocenters. The zero-order chi connectivity index (χ0) is 21.4. The Balaban J connectivity index is 2.27. The van der Waals surface area contributed by atoms with Crippen LogP contribution in [0.2, 0.25) is 0 Å². The maximum Gasteiger partial charge on any atom is 0.304 e. The summed E-state index contributed by atoms with van der Waals surface area (Å²) in [5.74, 6) is -4.74. The molecule has 2 aromatic rings. The second-order valence-corrected chi connectivity index (χ2v) is 6.76. The Labute approximate surface area is 167 Å². The Bertz CT molecular complexity index is 926. The van der Waals surface area contributed by atoms with Gasteiger partial charge in [-0.1, -0.05) is 37.3 Å². The van der Waals surface area contributed by atoms with E-state index in [1.807, 2.05) is 30.3 Å². The Hall–Kier alpha value is -3.16. The van der Waals surface area contributed by atoms with Crippen LogP contribution < -0.4 is 5.56 Å². The standard InChI is InChI=1S/C21H23FN2O5/c1-2-16(18(25)10-15(11-20(27)28)19(26)12-22)17-8-9-23-24(21(17)29)13-14-6-4-3-5-7-14/h3-9,15-16H,2,10-13H2,1H3,(H,27,28). The molecule has 1 aromatic carbocycles. The van der Waals surface area contributed by atoms with Gasteiger partial charge in [0.15, 0.2) is 5.78 Å². The maximum atomic E-state index is 12.9. The minimum Gasteiger partial charge on any atom is -0.481 e. The highest BCUT2D eigenvalue weighted by Gasteiger charge is 2.29. The van der Waals surface area contributed by atoms with Gasteiger partial charge in [-0.3, -0.25) is 19.2 Å². The zero-order valence-electron chi connectivity index (χ0n) is 16.1. The molecule has 29 heavy (non-hydrogen) atoms. The van der Waals surface area contributed by atoms with Crippen molar-refractivity contribution in [2.24, 2.45) is 5.92 Å². The van der Waals surface area contributed by atoms with Crippen molar-refractivity contribution in [3.8, 4) is 0 Å². The van der Waals surface area contributed by atoms with Crippen LogP contribution in [0.25, 0.3) is 0 Å². The van der Waals surface area contributed by atoms with Gasteiger partial charge in [0.05, 0.1) is 13.0 Å². The summed E-state index contributed by atoms with van der Waals surface area (Å²) in [7, 11) is 0. The Morgan fingerprint density at radius 1 is 1.10 bits per heavy atom. The number of aliphatic carboxylic acids is 1. The number of nitrogens with zero attached hydrogens (tertiary/aromatic N) is 2. The molecule has 0 bridgehead atoms. The summed E-state index contributed by atoms with van der Waals surface area (Å²) in [4.78, 5) is 48.3. The highest BCUT2D eigenvalue weighted by atomic mass is 19.1. The van der Waals surface area contributed by atoms with Crippen molar-refractivity contribution in [1.82, 2.24) is 9.78 Å². The van der Waals surface area contributed by atoms with Gasteiger partial charge in [0.25, 0.3) is 5.56 Å². The first-order valence-corrected chi connectivity index (χ1v) is 9.30. The summed E-state index contributed by atoms with van der Waals surface area (Å²) in [6.45, 7) is 0.619. The van der Waals surface area contributed by atoms with Crippen molar-refractivity contribution in [2.45, 2.75) is 38.6 Å². The number of halogens is 1. The fraction of sp³-hybridized carbons (Fsp3) is 0.381. The third kappa shape index (κ3) is 5.91. The van der Waals surface area contributed by atoms with E-state index in [0.717, 1.165) is 5.56 Å². The van der Waals surface area contributed by atoms with E-state index in [1.165, 1.54) is 16.9 Å². The molecular weight excluding hydrogens is 379 g/mol. The summed E-state index contributed by atoms with van der Waals surface area (Å²) in [6.07, 6.45) is 0.664. The molecule has 0 aliphatic rings. The molecule has 1 N–H and O–H groups in total. The van der Waals surface area contributed by atoms with E-state index in [-0.39, 0.29) is 18.5 Å². The molecule has 8 heteroatoms. The van der Waals surface area contributed by atoms with Gasteiger partial charge in [-0.2, -0.15) is 5.10 Å². The summed E-state index contributed by atoms with van der Waals surface area (Å²) in [5, 5.41) is 13.0. The number of benzene rings is 1. The molecule has 7 nitrogen and oxygen atoms in total. The van der Waals surface area contributed by atoms with Gasteiger partial charge in [-0.05, 0) is 18.1 Å². The minimum atomic E-state index is -1.33. The highest BCUT2D eigenvalue weighted by Crippen LogP contribution is 2.23. The molecule has 2 rings (SSSR count). The van der Waals surface area contributed by atoms with Crippen molar-refractivity contribution < 1.29 is 23.9 Å². The van der Waals surface area contributed by atoms with E-state index < -0.39 is 54.4 Å². The molecule has 0 aliphatic carbocycles.